The summed E-state index contributed by atoms with van der Waals surface area (Å²) in [6, 6.07) is 8.50. The van der Waals surface area contributed by atoms with Crippen molar-refractivity contribution in [3.8, 4) is 5.75 Å². The van der Waals surface area contributed by atoms with E-state index in [4.69, 9.17) is 10.5 Å². The maximum absolute atomic E-state index is 5.82. The fourth-order valence-corrected chi connectivity index (χ4v) is 2.04. The highest BCUT2D eigenvalue weighted by molar-refractivity contribution is 5.38. The summed E-state index contributed by atoms with van der Waals surface area (Å²) in [5.41, 5.74) is 7.47. The fourth-order valence-electron chi connectivity index (χ4n) is 2.04. The Kier molecular flexibility index (Phi) is 1.99. The molecule has 0 radical (unpaired) electrons. The van der Waals surface area contributed by atoms with Crippen LogP contribution in [-0.2, 0) is 5.41 Å². The van der Waals surface area contributed by atoms with Crippen LogP contribution in [0.5, 0.6) is 5.75 Å². The highest BCUT2D eigenvalue weighted by Gasteiger charge is 2.43. The minimum atomic E-state index is 0.281. The predicted octanol–water partition coefficient (Wildman–Crippen LogP) is 2.22. The van der Waals surface area contributed by atoms with E-state index in [1.54, 1.807) is 0 Å². The van der Waals surface area contributed by atoms with Gasteiger partial charge in [0.25, 0.3) is 0 Å². The van der Waals surface area contributed by atoms with E-state index in [2.05, 4.69) is 24.3 Å². The van der Waals surface area contributed by atoms with Crippen molar-refractivity contribution in [3.05, 3.63) is 29.8 Å². The van der Waals surface area contributed by atoms with Crippen LogP contribution in [0.25, 0.3) is 0 Å². The van der Waals surface area contributed by atoms with Gasteiger partial charge in [-0.15, -0.1) is 0 Å². The summed E-state index contributed by atoms with van der Waals surface area (Å²) in [5.74, 6) is 1.02. The maximum atomic E-state index is 5.82. The molecule has 0 unspecified atom stereocenters. The lowest BCUT2D eigenvalue weighted by atomic mass is 9.96. The molecule has 2 fully saturated rings. The van der Waals surface area contributed by atoms with E-state index >= 15 is 0 Å². The Labute approximate surface area is 90.4 Å². The molecule has 0 aliphatic heterocycles. The monoisotopic (exact) mass is 203 g/mol. The number of rotatable bonds is 4. The van der Waals surface area contributed by atoms with Crippen LogP contribution in [0, 0.1) is 0 Å². The molecule has 2 nitrogen and oxygen atoms in total. The zero-order chi connectivity index (χ0) is 10.3. The van der Waals surface area contributed by atoms with E-state index in [-0.39, 0.29) is 5.41 Å². The fraction of sp³-hybridized carbons (Fsp3) is 0.538. The Hall–Kier alpha value is -1.02. The van der Waals surface area contributed by atoms with Crippen molar-refractivity contribution in [2.75, 3.05) is 6.54 Å². The minimum Gasteiger partial charge on any atom is -0.490 e. The first-order valence-electron chi connectivity index (χ1n) is 5.80. The van der Waals surface area contributed by atoms with Crippen molar-refractivity contribution in [1.82, 2.24) is 0 Å². The molecule has 0 spiro atoms. The van der Waals surface area contributed by atoms with Gasteiger partial charge in [-0.25, -0.2) is 0 Å². The molecule has 0 heterocycles. The SMILES string of the molecule is NCC1(c2cccc(OC3CC3)c2)CC1. The van der Waals surface area contributed by atoms with Gasteiger partial charge >= 0.3 is 0 Å². The van der Waals surface area contributed by atoms with Crippen LogP contribution in [0.3, 0.4) is 0 Å². The molecular formula is C13H17NO. The lowest BCUT2D eigenvalue weighted by Gasteiger charge is -2.14. The van der Waals surface area contributed by atoms with Crippen molar-refractivity contribution in [3.63, 3.8) is 0 Å². The Balaban J connectivity index is 1.82. The molecule has 80 valence electrons. The summed E-state index contributed by atoms with van der Waals surface area (Å²) in [4.78, 5) is 0. The van der Waals surface area contributed by atoms with Crippen LogP contribution in [0.1, 0.15) is 31.2 Å². The van der Waals surface area contributed by atoms with E-state index in [9.17, 15) is 0 Å². The van der Waals surface area contributed by atoms with Gasteiger partial charge in [0.15, 0.2) is 0 Å². The number of ether oxygens (including phenoxy) is 1. The van der Waals surface area contributed by atoms with Gasteiger partial charge in [0.1, 0.15) is 5.75 Å². The van der Waals surface area contributed by atoms with Crippen LogP contribution in [0.4, 0.5) is 0 Å². The highest BCUT2D eigenvalue weighted by Crippen LogP contribution is 2.47. The molecular weight excluding hydrogens is 186 g/mol. The molecule has 2 N–H and O–H groups in total. The smallest absolute Gasteiger partial charge is 0.120 e. The first-order valence-corrected chi connectivity index (χ1v) is 5.80. The normalized spacial score (nSPS) is 22.5. The molecule has 2 aliphatic carbocycles. The van der Waals surface area contributed by atoms with Gasteiger partial charge in [-0.1, -0.05) is 12.1 Å². The Morgan fingerprint density at radius 2 is 2.13 bits per heavy atom. The molecule has 0 bridgehead atoms. The first-order chi connectivity index (χ1) is 7.32. The third kappa shape index (κ3) is 1.74. The van der Waals surface area contributed by atoms with E-state index in [0.717, 1.165) is 12.3 Å². The third-order valence-electron chi connectivity index (χ3n) is 3.52. The van der Waals surface area contributed by atoms with Gasteiger partial charge in [-0.3, -0.25) is 0 Å². The van der Waals surface area contributed by atoms with Gasteiger partial charge in [0.2, 0.25) is 0 Å². The molecule has 1 aromatic rings. The van der Waals surface area contributed by atoms with Crippen LogP contribution in [0.2, 0.25) is 0 Å². The molecule has 0 atom stereocenters. The molecule has 2 aliphatic rings. The van der Waals surface area contributed by atoms with Gasteiger partial charge in [-0.2, -0.15) is 0 Å². The average molecular weight is 203 g/mol. The van der Waals surface area contributed by atoms with Gasteiger partial charge in [-0.05, 0) is 43.4 Å². The van der Waals surface area contributed by atoms with E-state index < -0.39 is 0 Å². The first kappa shape index (κ1) is 9.22. The Bertz CT molecular complexity index is 367. The Morgan fingerprint density at radius 1 is 1.33 bits per heavy atom. The lowest BCUT2D eigenvalue weighted by molar-refractivity contribution is 0.302. The molecule has 2 saturated carbocycles. The van der Waals surface area contributed by atoms with Crippen LogP contribution in [-0.4, -0.2) is 12.6 Å². The topological polar surface area (TPSA) is 35.2 Å². The molecule has 0 saturated heterocycles. The Morgan fingerprint density at radius 3 is 2.73 bits per heavy atom. The summed E-state index contributed by atoms with van der Waals surface area (Å²) < 4.78 is 5.79. The molecule has 15 heavy (non-hydrogen) atoms. The summed E-state index contributed by atoms with van der Waals surface area (Å²) in [5, 5.41) is 0. The number of nitrogens with two attached hydrogens (primary N) is 1. The zero-order valence-electron chi connectivity index (χ0n) is 8.91. The third-order valence-corrected chi connectivity index (χ3v) is 3.52. The van der Waals surface area contributed by atoms with E-state index in [1.807, 2.05) is 0 Å². The standard InChI is InChI=1S/C13H17NO/c14-9-13(6-7-13)10-2-1-3-12(8-10)15-11-4-5-11/h1-3,8,11H,4-7,9,14H2. The average Bonchev–Trinajstić information content (AvgIpc) is 3.14. The summed E-state index contributed by atoms with van der Waals surface area (Å²) >= 11 is 0. The molecule has 0 aromatic heterocycles. The number of hydrogen-bond donors (Lipinski definition) is 1. The van der Waals surface area contributed by atoms with Crippen molar-refractivity contribution in [1.29, 1.82) is 0 Å². The number of benzene rings is 1. The minimum absolute atomic E-state index is 0.281. The predicted molar refractivity (Wildman–Crippen MR) is 60.1 cm³/mol. The van der Waals surface area contributed by atoms with Crippen LogP contribution in [0.15, 0.2) is 24.3 Å². The summed E-state index contributed by atoms with van der Waals surface area (Å²) in [6.45, 7) is 0.764. The van der Waals surface area contributed by atoms with Gasteiger partial charge in [0, 0.05) is 12.0 Å². The molecule has 0 amide bonds. The van der Waals surface area contributed by atoms with Crippen molar-refractivity contribution in [2.24, 2.45) is 5.73 Å². The second-order valence-corrected chi connectivity index (χ2v) is 4.83. The highest BCUT2D eigenvalue weighted by atomic mass is 16.5. The second-order valence-electron chi connectivity index (χ2n) is 4.83. The quantitative estimate of drug-likeness (QED) is 0.814. The van der Waals surface area contributed by atoms with E-state index in [1.165, 1.54) is 31.2 Å². The van der Waals surface area contributed by atoms with Crippen molar-refractivity contribution < 1.29 is 4.74 Å². The zero-order valence-corrected chi connectivity index (χ0v) is 8.91. The summed E-state index contributed by atoms with van der Waals surface area (Å²) in [7, 11) is 0. The van der Waals surface area contributed by atoms with Gasteiger partial charge in [0.05, 0.1) is 6.10 Å². The van der Waals surface area contributed by atoms with Crippen LogP contribution < -0.4 is 10.5 Å². The number of hydrogen-bond acceptors (Lipinski definition) is 2. The van der Waals surface area contributed by atoms with Gasteiger partial charge < -0.3 is 10.5 Å². The largest absolute Gasteiger partial charge is 0.490 e. The van der Waals surface area contributed by atoms with E-state index in [0.29, 0.717) is 6.10 Å². The summed E-state index contributed by atoms with van der Waals surface area (Å²) in [6.07, 6.45) is 5.37. The second kappa shape index (κ2) is 3.24. The molecule has 1 aromatic carbocycles. The maximum Gasteiger partial charge on any atom is 0.120 e. The van der Waals surface area contributed by atoms with Crippen LogP contribution >= 0.6 is 0 Å². The lowest BCUT2D eigenvalue weighted by Crippen LogP contribution is -2.19. The molecule has 2 heteroatoms. The molecule has 3 rings (SSSR count). The van der Waals surface area contributed by atoms with Crippen molar-refractivity contribution >= 4 is 0 Å². The van der Waals surface area contributed by atoms with Crippen molar-refractivity contribution in [2.45, 2.75) is 37.2 Å².